The molecule has 2 saturated carbocycles. The molecule has 0 heterocycles. The van der Waals surface area contributed by atoms with Gasteiger partial charge in [0.05, 0.1) is 5.41 Å². The van der Waals surface area contributed by atoms with Gasteiger partial charge in [0.15, 0.2) is 0 Å². The number of carbonyl (C=O) groups is 1. The summed E-state index contributed by atoms with van der Waals surface area (Å²) >= 11 is 0. The first-order chi connectivity index (χ1) is 8.38. The summed E-state index contributed by atoms with van der Waals surface area (Å²) in [5.74, 6) is 2.16. The Hall–Kier alpha value is -0.570. The molecule has 3 heteroatoms. The van der Waals surface area contributed by atoms with Crippen LogP contribution in [-0.4, -0.2) is 36.1 Å². The zero-order valence-electron chi connectivity index (χ0n) is 12.0. The lowest BCUT2D eigenvalue weighted by atomic mass is 9.87. The van der Waals surface area contributed by atoms with E-state index >= 15 is 0 Å². The molecule has 0 aromatic rings. The fourth-order valence-corrected chi connectivity index (χ4v) is 3.67. The Kier molecular flexibility index (Phi) is 4.00. The molecule has 2 bridgehead atoms. The highest BCUT2D eigenvalue weighted by Gasteiger charge is 2.39. The summed E-state index contributed by atoms with van der Waals surface area (Å²) in [5.41, 5.74) is -0.594. The largest absolute Gasteiger partial charge is 0.481 e. The average molecular weight is 253 g/mol. The minimum Gasteiger partial charge on any atom is -0.481 e. The minimum atomic E-state index is -0.684. The summed E-state index contributed by atoms with van der Waals surface area (Å²) in [6.45, 7) is 5.70. The van der Waals surface area contributed by atoms with E-state index in [1.165, 1.54) is 25.7 Å². The molecule has 0 amide bonds. The summed E-state index contributed by atoms with van der Waals surface area (Å²) in [4.78, 5) is 13.4. The highest BCUT2D eigenvalue weighted by Crippen LogP contribution is 2.48. The van der Waals surface area contributed by atoms with Crippen LogP contribution in [0.1, 0.15) is 46.0 Å². The summed E-state index contributed by atoms with van der Waals surface area (Å²) in [6.07, 6.45) is 6.50. The molecular formula is C15H27NO2. The van der Waals surface area contributed by atoms with Gasteiger partial charge in [0.1, 0.15) is 0 Å². The lowest BCUT2D eigenvalue weighted by Crippen LogP contribution is -2.33. The van der Waals surface area contributed by atoms with Gasteiger partial charge in [0, 0.05) is 6.54 Å². The maximum atomic E-state index is 11.1. The lowest BCUT2D eigenvalue weighted by Gasteiger charge is -2.29. The van der Waals surface area contributed by atoms with Crippen molar-refractivity contribution in [2.24, 2.45) is 23.2 Å². The predicted octanol–water partition coefficient (Wildman–Crippen LogP) is 2.86. The van der Waals surface area contributed by atoms with Gasteiger partial charge in [-0.05, 0) is 70.9 Å². The van der Waals surface area contributed by atoms with E-state index in [0.29, 0.717) is 0 Å². The molecule has 0 aromatic carbocycles. The Morgan fingerprint density at radius 2 is 2.06 bits per heavy atom. The number of carboxylic acids is 1. The number of aliphatic carboxylic acids is 1. The SMILES string of the molecule is CN(CCC(C)(C)C(=O)O)CC1CC2CCC1C2. The molecule has 0 aliphatic heterocycles. The summed E-state index contributed by atoms with van der Waals surface area (Å²) in [5, 5.41) is 9.11. The number of carboxylic acid groups (broad SMARTS) is 1. The molecule has 0 radical (unpaired) electrons. The molecule has 0 spiro atoms. The Morgan fingerprint density at radius 3 is 2.56 bits per heavy atom. The number of nitrogens with zero attached hydrogens (tertiary/aromatic N) is 1. The van der Waals surface area contributed by atoms with Gasteiger partial charge >= 0.3 is 5.97 Å². The maximum Gasteiger partial charge on any atom is 0.309 e. The predicted molar refractivity (Wildman–Crippen MR) is 72.5 cm³/mol. The van der Waals surface area contributed by atoms with Crippen molar-refractivity contribution in [3.63, 3.8) is 0 Å². The first kappa shape index (κ1) is 13.9. The van der Waals surface area contributed by atoms with Crippen molar-refractivity contribution in [3.05, 3.63) is 0 Å². The Balaban J connectivity index is 1.72. The van der Waals surface area contributed by atoms with E-state index in [0.717, 1.165) is 37.3 Å². The van der Waals surface area contributed by atoms with E-state index in [1.54, 1.807) is 0 Å². The fourth-order valence-electron chi connectivity index (χ4n) is 3.67. The van der Waals surface area contributed by atoms with Crippen LogP contribution in [-0.2, 0) is 4.79 Å². The van der Waals surface area contributed by atoms with Crippen molar-refractivity contribution in [1.29, 1.82) is 0 Å². The van der Waals surface area contributed by atoms with Crippen molar-refractivity contribution in [2.75, 3.05) is 20.1 Å². The maximum absolute atomic E-state index is 11.1. The third kappa shape index (κ3) is 3.05. The van der Waals surface area contributed by atoms with Gasteiger partial charge in [-0.15, -0.1) is 0 Å². The second kappa shape index (κ2) is 5.20. The molecule has 3 nitrogen and oxygen atoms in total. The normalized spacial score (nSPS) is 31.2. The third-order valence-electron chi connectivity index (χ3n) is 5.13. The van der Waals surface area contributed by atoms with Crippen LogP contribution in [0.4, 0.5) is 0 Å². The van der Waals surface area contributed by atoms with E-state index in [-0.39, 0.29) is 0 Å². The molecule has 2 fully saturated rings. The van der Waals surface area contributed by atoms with Crippen LogP contribution in [0.15, 0.2) is 0 Å². The minimum absolute atomic E-state index is 0.594. The number of rotatable bonds is 6. The van der Waals surface area contributed by atoms with Gasteiger partial charge in [-0.2, -0.15) is 0 Å². The smallest absolute Gasteiger partial charge is 0.309 e. The fraction of sp³-hybridized carbons (Fsp3) is 0.933. The molecular weight excluding hydrogens is 226 g/mol. The molecule has 2 aliphatic rings. The molecule has 2 rings (SSSR count). The molecule has 0 saturated heterocycles. The van der Waals surface area contributed by atoms with Crippen molar-refractivity contribution in [2.45, 2.75) is 46.0 Å². The van der Waals surface area contributed by atoms with Crippen molar-refractivity contribution >= 4 is 5.97 Å². The van der Waals surface area contributed by atoms with Gasteiger partial charge < -0.3 is 10.0 Å². The van der Waals surface area contributed by atoms with E-state index in [2.05, 4.69) is 11.9 Å². The van der Waals surface area contributed by atoms with Crippen molar-refractivity contribution in [1.82, 2.24) is 4.90 Å². The Labute approximate surface area is 111 Å². The number of fused-ring (bicyclic) bond motifs is 2. The molecule has 104 valence electrons. The highest BCUT2D eigenvalue weighted by molar-refractivity contribution is 5.73. The molecule has 3 unspecified atom stereocenters. The van der Waals surface area contributed by atoms with Crippen molar-refractivity contribution < 1.29 is 9.90 Å². The van der Waals surface area contributed by atoms with Crippen LogP contribution < -0.4 is 0 Å². The summed E-state index contributed by atoms with van der Waals surface area (Å²) in [7, 11) is 2.14. The van der Waals surface area contributed by atoms with Gasteiger partial charge in [-0.1, -0.05) is 6.42 Å². The highest BCUT2D eigenvalue weighted by atomic mass is 16.4. The monoisotopic (exact) mass is 253 g/mol. The lowest BCUT2D eigenvalue weighted by molar-refractivity contribution is -0.147. The second-order valence-electron chi connectivity index (χ2n) is 7.14. The van der Waals surface area contributed by atoms with Crippen LogP contribution in [0.3, 0.4) is 0 Å². The quantitative estimate of drug-likeness (QED) is 0.791. The van der Waals surface area contributed by atoms with Gasteiger partial charge in [-0.25, -0.2) is 0 Å². The van der Waals surface area contributed by atoms with E-state index in [4.69, 9.17) is 5.11 Å². The number of hydrogen-bond acceptors (Lipinski definition) is 2. The Morgan fingerprint density at radius 1 is 1.33 bits per heavy atom. The zero-order valence-corrected chi connectivity index (χ0v) is 12.0. The van der Waals surface area contributed by atoms with Gasteiger partial charge in [-0.3, -0.25) is 4.79 Å². The first-order valence-electron chi connectivity index (χ1n) is 7.30. The van der Waals surface area contributed by atoms with E-state index in [9.17, 15) is 4.79 Å². The van der Waals surface area contributed by atoms with Crippen LogP contribution in [0.2, 0.25) is 0 Å². The van der Waals surface area contributed by atoms with Crippen molar-refractivity contribution in [3.8, 4) is 0 Å². The number of hydrogen-bond donors (Lipinski definition) is 1. The summed E-state index contributed by atoms with van der Waals surface area (Å²) in [6, 6.07) is 0. The van der Waals surface area contributed by atoms with Crippen LogP contribution in [0.5, 0.6) is 0 Å². The molecule has 3 atom stereocenters. The van der Waals surface area contributed by atoms with Crippen LogP contribution in [0.25, 0.3) is 0 Å². The Bertz CT molecular complexity index is 314. The molecule has 0 aromatic heterocycles. The van der Waals surface area contributed by atoms with Gasteiger partial charge in [0.25, 0.3) is 0 Å². The van der Waals surface area contributed by atoms with E-state index in [1.807, 2.05) is 13.8 Å². The third-order valence-corrected chi connectivity index (χ3v) is 5.13. The van der Waals surface area contributed by atoms with Crippen LogP contribution >= 0.6 is 0 Å². The average Bonchev–Trinajstić information content (AvgIpc) is 2.88. The standard InChI is InChI=1S/C15H27NO2/c1-15(2,14(17)18)6-7-16(3)10-13-9-11-4-5-12(13)8-11/h11-13H,4-10H2,1-3H3,(H,17,18). The molecule has 1 N–H and O–H groups in total. The molecule has 2 aliphatic carbocycles. The molecule has 18 heavy (non-hydrogen) atoms. The zero-order chi connectivity index (χ0) is 13.3. The topological polar surface area (TPSA) is 40.5 Å². The van der Waals surface area contributed by atoms with E-state index < -0.39 is 11.4 Å². The van der Waals surface area contributed by atoms with Gasteiger partial charge in [0.2, 0.25) is 0 Å². The van der Waals surface area contributed by atoms with Crippen LogP contribution in [0, 0.1) is 23.2 Å². The first-order valence-corrected chi connectivity index (χ1v) is 7.30. The summed E-state index contributed by atoms with van der Waals surface area (Å²) < 4.78 is 0. The second-order valence-corrected chi connectivity index (χ2v) is 7.14.